The Morgan fingerprint density at radius 1 is 1.13 bits per heavy atom. The van der Waals surface area contributed by atoms with Crippen molar-refractivity contribution in [3.05, 3.63) is 29.8 Å². The van der Waals surface area contributed by atoms with Crippen LogP contribution in [-0.2, 0) is 19.1 Å². The number of likely N-dealkylation sites (tertiary alicyclic amines) is 1. The monoisotopic (exact) mass is 430 g/mol. The predicted molar refractivity (Wildman–Crippen MR) is 116 cm³/mol. The number of rotatable bonds is 9. The van der Waals surface area contributed by atoms with E-state index < -0.39 is 17.9 Å². The van der Waals surface area contributed by atoms with Gasteiger partial charge in [0.2, 0.25) is 5.91 Å². The zero-order valence-electron chi connectivity index (χ0n) is 18.6. The van der Waals surface area contributed by atoms with E-state index in [0.717, 1.165) is 44.1 Å². The molecule has 1 heterocycles. The van der Waals surface area contributed by atoms with Gasteiger partial charge in [-0.15, -0.1) is 0 Å². The second-order valence-electron chi connectivity index (χ2n) is 8.46. The molecule has 1 aliphatic carbocycles. The van der Waals surface area contributed by atoms with Crippen LogP contribution in [0.5, 0.6) is 5.75 Å². The van der Waals surface area contributed by atoms with Crippen LogP contribution in [0.1, 0.15) is 69.9 Å². The molecule has 1 saturated heterocycles. The molecule has 1 aromatic carbocycles. The number of amides is 2. The van der Waals surface area contributed by atoms with Crippen molar-refractivity contribution in [3.63, 3.8) is 0 Å². The number of benzene rings is 1. The summed E-state index contributed by atoms with van der Waals surface area (Å²) in [6.45, 7) is 2.40. The van der Waals surface area contributed by atoms with Crippen molar-refractivity contribution >= 4 is 17.8 Å². The number of esters is 1. The van der Waals surface area contributed by atoms with E-state index in [1.54, 1.807) is 12.0 Å². The number of nitrogens with zero attached hydrogens (tertiary/aromatic N) is 1. The molecular formula is C24H34N2O5. The van der Waals surface area contributed by atoms with Crippen molar-refractivity contribution < 1.29 is 23.9 Å². The fourth-order valence-electron chi connectivity index (χ4n) is 4.59. The summed E-state index contributed by atoms with van der Waals surface area (Å²) in [6.07, 6.45) is 6.76. The molecule has 0 unspecified atom stereocenters. The molecule has 2 amide bonds. The fourth-order valence-corrected chi connectivity index (χ4v) is 4.59. The lowest BCUT2D eigenvalue weighted by Gasteiger charge is -2.40. The number of methoxy groups -OCH3 is 1. The number of piperidine rings is 1. The third-order valence-electron chi connectivity index (χ3n) is 6.28. The first-order valence-corrected chi connectivity index (χ1v) is 11.4. The van der Waals surface area contributed by atoms with Crippen LogP contribution in [-0.4, -0.2) is 49.0 Å². The highest BCUT2D eigenvalue weighted by molar-refractivity contribution is 5.84. The maximum Gasteiger partial charge on any atom is 0.311 e. The largest absolute Gasteiger partial charge is 0.497 e. The maximum atomic E-state index is 13.0. The van der Waals surface area contributed by atoms with Gasteiger partial charge in [-0.2, -0.15) is 0 Å². The minimum atomic E-state index is -0.498. The van der Waals surface area contributed by atoms with Gasteiger partial charge >= 0.3 is 5.97 Å². The van der Waals surface area contributed by atoms with E-state index in [4.69, 9.17) is 9.47 Å². The Kier molecular flexibility index (Phi) is 8.32. The molecule has 3 rings (SSSR count). The summed E-state index contributed by atoms with van der Waals surface area (Å²) in [5, 5.41) is 2.94. The zero-order valence-corrected chi connectivity index (χ0v) is 18.6. The van der Waals surface area contributed by atoms with Gasteiger partial charge in [0.25, 0.3) is 5.91 Å². The van der Waals surface area contributed by atoms with Crippen molar-refractivity contribution in [2.75, 3.05) is 20.3 Å². The maximum absolute atomic E-state index is 13.0. The number of hydrogen-bond donors (Lipinski definition) is 1. The van der Waals surface area contributed by atoms with Gasteiger partial charge in [0, 0.05) is 19.0 Å². The van der Waals surface area contributed by atoms with Crippen LogP contribution >= 0.6 is 0 Å². The molecule has 7 nitrogen and oxygen atoms in total. The Balaban J connectivity index is 1.72. The third kappa shape index (κ3) is 5.99. The normalized spacial score (nSPS) is 21.7. The predicted octanol–water partition coefficient (Wildman–Crippen LogP) is 3.38. The molecule has 170 valence electrons. The SMILES string of the molecule is CCCCN1C(=O)CC[C@H](C(=O)OCC(=O)NC2CCCC2)[C@H]1c1ccc(OC)cc1. The Morgan fingerprint density at radius 3 is 2.48 bits per heavy atom. The molecule has 7 heteroatoms. The summed E-state index contributed by atoms with van der Waals surface area (Å²) in [6, 6.07) is 7.26. The van der Waals surface area contributed by atoms with Gasteiger partial charge in [-0.1, -0.05) is 38.3 Å². The van der Waals surface area contributed by atoms with E-state index in [1.807, 2.05) is 24.3 Å². The Bertz CT molecular complexity index is 758. The molecule has 0 bridgehead atoms. The van der Waals surface area contributed by atoms with Crippen LogP contribution in [0, 0.1) is 5.92 Å². The number of carbonyl (C=O) groups excluding carboxylic acids is 3. The third-order valence-corrected chi connectivity index (χ3v) is 6.28. The van der Waals surface area contributed by atoms with E-state index >= 15 is 0 Å². The molecule has 1 aromatic rings. The van der Waals surface area contributed by atoms with Gasteiger partial charge < -0.3 is 19.7 Å². The number of hydrogen-bond acceptors (Lipinski definition) is 5. The molecular weight excluding hydrogens is 396 g/mol. The first-order valence-electron chi connectivity index (χ1n) is 11.4. The lowest BCUT2D eigenvalue weighted by Crippen LogP contribution is -2.46. The highest BCUT2D eigenvalue weighted by Crippen LogP contribution is 2.38. The molecule has 1 saturated carbocycles. The van der Waals surface area contributed by atoms with Crippen molar-refractivity contribution in [2.45, 2.75) is 70.4 Å². The highest BCUT2D eigenvalue weighted by Gasteiger charge is 2.41. The summed E-state index contributed by atoms with van der Waals surface area (Å²) < 4.78 is 10.7. The van der Waals surface area contributed by atoms with Crippen molar-refractivity contribution in [3.8, 4) is 5.75 Å². The van der Waals surface area contributed by atoms with Gasteiger partial charge in [-0.3, -0.25) is 14.4 Å². The second-order valence-corrected chi connectivity index (χ2v) is 8.46. The first-order chi connectivity index (χ1) is 15.0. The standard InChI is InChI=1S/C24H34N2O5/c1-3-4-15-26-22(28)14-13-20(23(26)17-9-11-19(30-2)12-10-17)24(29)31-16-21(27)25-18-7-5-6-8-18/h9-12,18,20,23H,3-8,13-16H2,1-2H3,(H,25,27)/t20-,23+/m0/s1. The Labute approximate surface area is 184 Å². The minimum absolute atomic E-state index is 0.0531. The smallest absolute Gasteiger partial charge is 0.311 e. The van der Waals surface area contributed by atoms with Crippen molar-refractivity contribution in [2.24, 2.45) is 5.92 Å². The van der Waals surface area contributed by atoms with Gasteiger partial charge in [0.05, 0.1) is 19.1 Å². The van der Waals surface area contributed by atoms with Crippen LogP contribution in [0.4, 0.5) is 0 Å². The molecule has 0 aromatic heterocycles. The topological polar surface area (TPSA) is 84.9 Å². The molecule has 0 spiro atoms. The fraction of sp³-hybridized carbons (Fsp3) is 0.625. The molecule has 1 aliphatic heterocycles. The van der Waals surface area contributed by atoms with Crippen LogP contribution in [0.2, 0.25) is 0 Å². The number of unbranched alkanes of at least 4 members (excludes halogenated alkanes) is 1. The van der Waals surface area contributed by atoms with E-state index in [2.05, 4.69) is 12.2 Å². The molecule has 0 radical (unpaired) electrons. The van der Waals surface area contributed by atoms with E-state index in [9.17, 15) is 14.4 Å². The lowest BCUT2D eigenvalue weighted by atomic mass is 9.84. The van der Waals surface area contributed by atoms with Crippen LogP contribution in [0.15, 0.2) is 24.3 Å². The summed E-state index contributed by atoms with van der Waals surface area (Å²) in [5.74, 6) is -0.402. The molecule has 1 N–H and O–H groups in total. The summed E-state index contributed by atoms with van der Waals surface area (Å²) in [7, 11) is 1.60. The van der Waals surface area contributed by atoms with E-state index in [1.165, 1.54) is 0 Å². The second kappa shape index (κ2) is 11.2. The Morgan fingerprint density at radius 2 is 1.84 bits per heavy atom. The van der Waals surface area contributed by atoms with Crippen molar-refractivity contribution in [1.82, 2.24) is 10.2 Å². The number of ether oxygens (including phenoxy) is 2. The van der Waals surface area contributed by atoms with Gasteiger partial charge in [-0.05, 0) is 43.4 Å². The quantitative estimate of drug-likeness (QED) is 0.607. The van der Waals surface area contributed by atoms with E-state index in [-0.39, 0.29) is 24.5 Å². The summed E-state index contributed by atoms with van der Waals surface area (Å²) >= 11 is 0. The zero-order chi connectivity index (χ0) is 22.2. The van der Waals surface area contributed by atoms with Gasteiger partial charge in [-0.25, -0.2) is 0 Å². The lowest BCUT2D eigenvalue weighted by molar-refractivity contribution is -0.160. The number of carbonyl (C=O) groups is 3. The van der Waals surface area contributed by atoms with Crippen molar-refractivity contribution in [1.29, 1.82) is 0 Å². The van der Waals surface area contributed by atoms with Gasteiger partial charge in [0.1, 0.15) is 5.75 Å². The number of nitrogens with one attached hydrogen (secondary N) is 1. The van der Waals surface area contributed by atoms with Crippen LogP contribution in [0.3, 0.4) is 0 Å². The van der Waals surface area contributed by atoms with E-state index in [0.29, 0.717) is 25.1 Å². The summed E-state index contributed by atoms with van der Waals surface area (Å²) in [4.78, 5) is 39.7. The van der Waals surface area contributed by atoms with Crippen LogP contribution in [0.25, 0.3) is 0 Å². The average molecular weight is 431 g/mol. The molecule has 31 heavy (non-hydrogen) atoms. The first kappa shape index (κ1) is 23.1. The molecule has 2 fully saturated rings. The van der Waals surface area contributed by atoms with Gasteiger partial charge in [0.15, 0.2) is 6.61 Å². The van der Waals surface area contributed by atoms with Crippen LogP contribution < -0.4 is 10.1 Å². The highest BCUT2D eigenvalue weighted by atomic mass is 16.5. The average Bonchev–Trinajstić information content (AvgIpc) is 3.29. The minimum Gasteiger partial charge on any atom is -0.497 e. The Hall–Kier alpha value is -2.57. The molecule has 2 aliphatic rings. The summed E-state index contributed by atoms with van der Waals surface area (Å²) in [5.41, 5.74) is 0.877. The molecule has 2 atom stereocenters.